The molecule has 0 aliphatic carbocycles. The van der Waals surface area contributed by atoms with Crippen LogP contribution in [0.4, 0.5) is 0 Å². The van der Waals surface area contributed by atoms with E-state index in [4.69, 9.17) is 14.3 Å². The minimum absolute atomic E-state index is 0.0247. The number of esters is 1. The number of hydrogen-bond donors (Lipinski definition) is 2. The maximum Gasteiger partial charge on any atom is 0.372 e. The molecule has 0 saturated carbocycles. The lowest BCUT2D eigenvalue weighted by Gasteiger charge is -2.03. The van der Waals surface area contributed by atoms with E-state index in [9.17, 15) is 9.59 Å². The van der Waals surface area contributed by atoms with Crippen LogP contribution in [0.5, 0.6) is 0 Å². The molecular weight excluding hydrogens is 250 g/mol. The van der Waals surface area contributed by atoms with E-state index in [1.165, 1.54) is 0 Å². The zero-order valence-corrected chi connectivity index (χ0v) is 11.2. The second-order valence-corrected chi connectivity index (χ2v) is 4.12. The molecule has 106 valence electrons. The van der Waals surface area contributed by atoms with E-state index in [2.05, 4.69) is 5.32 Å². The summed E-state index contributed by atoms with van der Waals surface area (Å²) in [6.07, 6.45) is 1.04. The van der Waals surface area contributed by atoms with Crippen molar-refractivity contribution in [1.82, 2.24) is 5.32 Å². The smallest absolute Gasteiger partial charge is 0.372 e. The number of carboxylic acids is 1. The lowest BCUT2D eigenvalue weighted by atomic mass is 10.2. The maximum absolute atomic E-state index is 11.1. The average molecular weight is 269 g/mol. The number of furan rings is 1. The molecule has 0 aromatic carbocycles. The molecule has 0 aliphatic rings. The summed E-state index contributed by atoms with van der Waals surface area (Å²) in [7, 11) is 0. The van der Waals surface area contributed by atoms with E-state index in [-0.39, 0.29) is 11.7 Å². The summed E-state index contributed by atoms with van der Waals surface area (Å²) in [5.41, 5.74) is 0.607. The number of rotatable bonds is 8. The van der Waals surface area contributed by atoms with Crippen LogP contribution in [0.1, 0.15) is 41.6 Å². The maximum atomic E-state index is 11.1. The fraction of sp³-hybridized carbons (Fsp3) is 0.538. The molecule has 0 saturated heterocycles. The number of carbonyl (C=O) groups excluding carboxylic acids is 1. The van der Waals surface area contributed by atoms with E-state index in [1.54, 1.807) is 19.9 Å². The molecule has 6 nitrogen and oxygen atoms in total. The molecule has 1 aromatic rings. The number of hydrogen-bond acceptors (Lipinski definition) is 5. The van der Waals surface area contributed by atoms with Crippen LogP contribution >= 0.6 is 0 Å². The van der Waals surface area contributed by atoms with Crippen molar-refractivity contribution in [2.45, 2.75) is 33.2 Å². The first-order valence-electron chi connectivity index (χ1n) is 6.23. The molecule has 0 radical (unpaired) electrons. The van der Waals surface area contributed by atoms with Crippen molar-refractivity contribution in [2.75, 3.05) is 13.2 Å². The lowest BCUT2D eigenvalue weighted by Crippen LogP contribution is -2.16. The Bertz CT molecular complexity index is 438. The average Bonchev–Trinajstić information content (AvgIpc) is 2.70. The van der Waals surface area contributed by atoms with E-state index in [0.717, 1.165) is 0 Å². The molecule has 0 spiro atoms. The van der Waals surface area contributed by atoms with Gasteiger partial charge in [0.05, 0.1) is 13.2 Å². The Kier molecular flexibility index (Phi) is 6.08. The molecule has 0 aliphatic heterocycles. The first-order chi connectivity index (χ1) is 9.04. The first kappa shape index (κ1) is 15.2. The van der Waals surface area contributed by atoms with E-state index in [1.807, 2.05) is 0 Å². The Morgan fingerprint density at radius 3 is 2.79 bits per heavy atom. The minimum Gasteiger partial charge on any atom is -0.475 e. The van der Waals surface area contributed by atoms with Gasteiger partial charge in [-0.25, -0.2) is 4.79 Å². The summed E-state index contributed by atoms with van der Waals surface area (Å²) in [6, 6.07) is 1.70. The Morgan fingerprint density at radius 1 is 1.47 bits per heavy atom. The van der Waals surface area contributed by atoms with Crippen molar-refractivity contribution in [3.05, 3.63) is 23.2 Å². The van der Waals surface area contributed by atoms with Crippen LogP contribution in [0.15, 0.2) is 10.5 Å². The number of ether oxygens (including phenoxy) is 1. The van der Waals surface area contributed by atoms with Crippen molar-refractivity contribution in [1.29, 1.82) is 0 Å². The molecule has 0 unspecified atom stereocenters. The Morgan fingerprint density at radius 2 is 2.21 bits per heavy atom. The number of carboxylic acid groups (broad SMARTS) is 1. The predicted molar refractivity (Wildman–Crippen MR) is 68.0 cm³/mol. The van der Waals surface area contributed by atoms with Gasteiger partial charge in [0.1, 0.15) is 5.76 Å². The number of aryl methyl sites for hydroxylation is 1. The normalized spacial score (nSPS) is 10.4. The third kappa shape index (κ3) is 5.13. The summed E-state index contributed by atoms with van der Waals surface area (Å²) >= 11 is 0. The van der Waals surface area contributed by atoms with Gasteiger partial charge in [0.15, 0.2) is 0 Å². The van der Waals surface area contributed by atoms with Crippen LogP contribution in [0.2, 0.25) is 0 Å². The van der Waals surface area contributed by atoms with Crippen molar-refractivity contribution in [3.63, 3.8) is 0 Å². The van der Waals surface area contributed by atoms with Gasteiger partial charge in [-0.1, -0.05) is 0 Å². The molecule has 19 heavy (non-hydrogen) atoms. The topological polar surface area (TPSA) is 88.8 Å². The van der Waals surface area contributed by atoms with Crippen molar-refractivity contribution >= 4 is 11.9 Å². The highest BCUT2D eigenvalue weighted by Crippen LogP contribution is 2.14. The SMILES string of the molecule is CCOC(=O)CCCNCc1cc(C)c(C(=O)O)o1. The lowest BCUT2D eigenvalue weighted by molar-refractivity contribution is -0.143. The van der Waals surface area contributed by atoms with Crippen LogP contribution < -0.4 is 5.32 Å². The van der Waals surface area contributed by atoms with Crippen LogP contribution in [0.3, 0.4) is 0 Å². The number of carbonyl (C=O) groups is 2. The highest BCUT2D eigenvalue weighted by molar-refractivity contribution is 5.86. The van der Waals surface area contributed by atoms with Gasteiger partial charge in [-0.15, -0.1) is 0 Å². The molecule has 1 rings (SSSR count). The fourth-order valence-electron chi connectivity index (χ4n) is 1.65. The molecule has 0 atom stereocenters. The summed E-state index contributed by atoms with van der Waals surface area (Å²) in [5.74, 6) is -0.716. The standard InChI is InChI=1S/C13H19NO5/c1-3-18-11(15)5-4-6-14-8-10-7-9(2)12(19-10)13(16)17/h7,14H,3-6,8H2,1-2H3,(H,16,17). The van der Waals surface area contributed by atoms with Gasteiger partial charge in [0.25, 0.3) is 0 Å². The molecule has 0 fully saturated rings. The highest BCUT2D eigenvalue weighted by atomic mass is 16.5. The fourth-order valence-corrected chi connectivity index (χ4v) is 1.65. The summed E-state index contributed by atoms with van der Waals surface area (Å²) in [4.78, 5) is 21.8. The van der Waals surface area contributed by atoms with Gasteiger partial charge in [0, 0.05) is 12.0 Å². The molecule has 0 amide bonds. The second kappa shape index (κ2) is 7.58. The first-order valence-corrected chi connectivity index (χ1v) is 6.23. The van der Waals surface area contributed by atoms with Crippen LogP contribution in [0, 0.1) is 6.92 Å². The van der Waals surface area contributed by atoms with Gasteiger partial charge in [-0.3, -0.25) is 4.79 Å². The second-order valence-electron chi connectivity index (χ2n) is 4.12. The Hall–Kier alpha value is -1.82. The summed E-state index contributed by atoms with van der Waals surface area (Å²) in [6.45, 7) is 4.94. The molecule has 0 bridgehead atoms. The molecule has 2 N–H and O–H groups in total. The summed E-state index contributed by atoms with van der Waals surface area (Å²) < 4.78 is 9.99. The minimum atomic E-state index is -1.06. The van der Waals surface area contributed by atoms with E-state index >= 15 is 0 Å². The zero-order valence-electron chi connectivity index (χ0n) is 11.2. The van der Waals surface area contributed by atoms with Crippen LogP contribution in [-0.4, -0.2) is 30.2 Å². The largest absolute Gasteiger partial charge is 0.475 e. The van der Waals surface area contributed by atoms with Crippen molar-refractivity contribution in [3.8, 4) is 0 Å². The molecule has 1 heterocycles. The van der Waals surface area contributed by atoms with Crippen molar-refractivity contribution in [2.24, 2.45) is 0 Å². The van der Waals surface area contributed by atoms with Crippen molar-refractivity contribution < 1.29 is 23.8 Å². The molecule has 6 heteroatoms. The zero-order chi connectivity index (χ0) is 14.3. The highest BCUT2D eigenvalue weighted by Gasteiger charge is 2.13. The van der Waals surface area contributed by atoms with Gasteiger partial charge < -0.3 is 19.6 Å². The Balaban J connectivity index is 2.24. The van der Waals surface area contributed by atoms with Gasteiger partial charge >= 0.3 is 11.9 Å². The van der Waals surface area contributed by atoms with Gasteiger partial charge in [0.2, 0.25) is 5.76 Å². The monoisotopic (exact) mass is 269 g/mol. The predicted octanol–water partition coefficient (Wildman–Crippen LogP) is 1.72. The van der Waals surface area contributed by atoms with Gasteiger partial charge in [-0.05, 0) is 32.9 Å². The third-order valence-corrected chi connectivity index (χ3v) is 2.50. The third-order valence-electron chi connectivity index (χ3n) is 2.50. The van der Waals surface area contributed by atoms with E-state index in [0.29, 0.717) is 43.9 Å². The number of aromatic carboxylic acids is 1. The molecule has 1 aromatic heterocycles. The van der Waals surface area contributed by atoms with Crippen LogP contribution in [-0.2, 0) is 16.1 Å². The van der Waals surface area contributed by atoms with Gasteiger partial charge in [-0.2, -0.15) is 0 Å². The van der Waals surface area contributed by atoms with Crippen LogP contribution in [0.25, 0.3) is 0 Å². The molecular formula is C13H19NO5. The quantitative estimate of drug-likeness (QED) is 0.552. The Labute approximate surface area is 111 Å². The number of nitrogens with one attached hydrogen (secondary N) is 1. The van der Waals surface area contributed by atoms with E-state index < -0.39 is 5.97 Å². The summed E-state index contributed by atoms with van der Waals surface area (Å²) in [5, 5.41) is 11.9.